The normalized spacial score (nSPS) is 31.4. The molecule has 0 N–H and O–H groups in total. The molecule has 6 nitrogen and oxygen atoms in total. The maximum absolute atomic E-state index is 13.2. The lowest BCUT2D eigenvalue weighted by atomic mass is 9.75. The van der Waals surface area contributed by atoms with Crippen molar-refractivity contribution in [2.75, 3.05) is 0 Å². The summed E-state index contributed by atoms with van der Waals surface area (Å²) in [6.07, 6.45) is 7.00. The minimum absolute atomic E-state index is 0.169. The minimum Gasteiger partial charge on any atom is -0.325 e. The Morgan fingerprint density at radius 1 is 0.963 bits per heavy atom. The Labute approximate surface area is 159 Å². The zero-order valence-electron chi connectivity index (χ0n) is 16.6. The summed E-state index contributed by atoms with van der Waals surface area (Å²) in [5, 5.41) is 0. The number of imidazole rings is 1. The SMILES string of the molecule is CCCn1c(=O)c2c(nc(C3C4CC5CC(C4)C3C5)n2C)n(CCC)c1=O. The van der Waals surface area contributed by atoms with Crippen LogP contribution >= 0.6 is 0 Å². The summed E-state index contributed by atoms with van der Waals surface area (Å²) in [7, 11) is 1.99. The first kappa shape index (κ1) is 17.3. The second-order valence-electron chi connectivity index (χ2n) is 9.11. The summed E-state index contributed by atoms with van der Waals surface area (Å²) in [5.74, 6) is 4.74. The zero-order chi connectivity index (χ0) is 18.9. The smallest absolute Gasteiger partial charge is 0.325 e. The summed E-state index contributed by atoms with van der Waals surface area (Å²) in [6, 6.07) is 0. The molecule has 4 bridgehead atoms. The summed E-state index contributed by atoms with van der Waals surface area (Å²) in [4.78, 5) is 31.1. The molecule has 0 amide bonds. The summed E-state index contributed by atoms with van der Waals surface area (Å²) < 4.78 is 5.19. The number of hydrogen-bond acceptors (Lipinski definition) is 3. The fourth-order valence-corrected chi connectivity index (χ4v) is 6.66. The van der Waals surface area contributed by atoms with Gasteiger partial charge < -0.3 is 4.57 Å². The molecule has 0 aliphatic heterocycles. The van der Waals surface area contributed by atoms with Gasteiger partial charge in [0.05, 0.1) is 0 Å². The average Bonchev–Trinajstić information content (AvgIpc) is 3.21. The van der Waals surface area contributed by atoms with E-state index < -0.39 is 0 Å². The third-order valence-corrected chi connectivity index (χ3v) is 7.53. The molecule has 0 saturated heterocycles. The lowest BCUT2D eigenvalue weighted by Crippen LogP contribution is -2.40. The van der Waals surface area contributed by atoms with Gasteiger partial charge >= 0.3 is 5.69 Å². The molecule has 2 aromatic rings. The molecular formula is C21H30N4O2. The van der Waals surface area contributed by atoms with Crippen LogP contribution in [0.5, 0.6) is 0 Å². The molecule has 4 saturated carbocycles. The molecule has 0 aromatic carbocycles. The van der Waals surface area contributed by atoms with E-state index >= 15 is 0 Å². The number of nitrogens with zero attached hydrogens (tertiary/aromatic N) is 4. The predicted molar refractivity (Wildman–Crippen MR) is 105 cm³/mol. The van der Waals surface area contributed by atoms with Crippen LogP contribution in [0.4, 0.5) is 0 Å². The van der Waals surface area contributed by atoms with E-state index in [1.165, 1.54) is 30.3 Å². The highest BCUT2D eigenvalue weighted by Gasteiger charge is 2.55. The van der Waals surface area contributed by atoms with Crippen molar-refractivity contribution in [1.82, 2.24) is 18.7 Å². The third kappa shape index (κ3) is 2.28. The monoisotopic (exact) mass is 370 g/mol. The van der Waals surface area contributed by atoms with Gasteiger partial charge in [0.25, 0.3) is 5.56 Å². The molecule has 6 rings (SSSR count). The van der Waals surface area contributed by atoms with Crippen LogP contribution in [0.1, 0.15) is 64.1 Å². The lowest BCUT2D eigenvalue weighted by Gasteiger charge is -2.31. The Kier molecular flexibility index (Phi) is 3.89. The van der Waals surface area contributed by atoms with Crippen molar-refractivity contribution < 1.29 is 0 Å². The van der Waals surface area contributed by atoms with Crippen LogP contribution in [-0.4, -0.2) is 18.7 Å². The van der Waals surface area contributed by atoms with Crippen molar-refractivity contribution in [1.29, 1.82) is 0 Å². The van der Waals surface area contributed by atoms with Crippen LogP contribution in [0.15, 0.2) is 9.59 Å². The van der Waals surface area contributed by atoms with Gasteiger partial charge in [0.15, 0.2) is 11.2 Å². The van der Waals surface area contributed by atoms with Gasteiger partial charge in [0, 0.05) is 26.1 Å². The molecule has 146 valence electrons. The first-order valence-electron chi connectivity index (χ1n) is 10.7. The van der Waals surface area contributed by atoms with E-state index in [1.54, 1.807) is 4.57 Å². The van der Waals surface area contributed by atoms with Gasteiger partial charge in [-0.3, -0.25) is 13.9 Å². The first-order chi connectivity index (χ1) is 13.0. The van der Waals surface area contributed by atoms with Crippen molar-refractivity contribution in [3.05, 3.63) is 26.7 Å². The molecule has 5 unspecified atom stereocenters. The van der Waals surface area contributed by atoms with Crippen LogP contribution in [0.3, 0.4) is 0 Å². The highest BCUT2D eigenvalue weighted by atomic mass is 16.2. The highest BCUT2D eigenvalue weighted by Crippen LogP contribution is 2.64. The van der Waals surface area contributed by atoms with E-state index in [4.69, 9.17) is 4.98 Å². The van der Waals surface area contributed by atoms with Crippen LogP contribution < -0.4 is 11.2 Å². The fraction of sp³-hybridized carbons (Fsp3) is 0.762. The van der Waals surface area contributed by atoms with Crippen molar-refractivity contribution in [2.45, 2.75) is 71.4 Å². The zero-order valence-corrected chi connectivity index (χ0v) is 16.6. The Morgan fingerprint density at radius 3 is 2.37 bits per heavy atom. The molecule has 4 aliphatic carbocycles. The van der Waals surface area contributed by atoms with E-state index in [-0.39, 0.29) is 11.2 Å². The van der Waals surface area contributed by atoms with Crippen molar-refractivity contribution in [3.8, 4) is 0 Å². The third-order valence-electron chi connectivity index (χ3n) is 7.53. The lowest BCUT2D eigenvalue weighted by molar-refractivity contribution is 0.241. The van der Waals surface area contributed by atoms with Gasteiger partial charge in [-0.15, -0.1) is 0 Å². The first-order valence-corrected chi connectivity index (χ1v) is 10.7. The average molecular weight is 370 g/mol. The van der Waals surface area contributed by atoms with Crippen molar-refractivity contribution >= 4 is 11.2 Å². The van der Waals surface area contributed by atoms with Crippen LogP contribution in [0.2, 0.25) is 0 Å². The van der Waals surface area contributed by atoms with E-state index in [0.717, 1.165) is 36.4 Å². The summed E-state index contributed by atoms with van der Waals surface area (Å²) in [5.41, 5.74) is 0.852. The minimum atomic E-state index is -0.199. The van der Waals surface area contributed by atoms with E-state index in [1.807, 2.05) is 18.5 Å². The van der Waals surface area contributed by atoms with Gasteiger partial charge in [-0.1, -0.05) is 13.8 Å². The molecule has 27 heavy (non-hydrogen) atoms. The second kappa shape index (κ2) is 6.08. The molecule has 6 heteroatoms. The Balaban J connectivity index is 1.73. The molecule has 4 fully saturated rings. The number of aryl methyl sites for hydroxylation is 2. The van der Waals surface area contributed by atoms with Crippen LogP contribution in [0, 0.1) is 23.7 Å². The van der Waals surface area contributed by atoms with Crippen molar-refractivity contribution in [2.24, 2.45) is 30.7 Å². The number of fused-ring (bicyclic) bond motifs is 1. The quantitative estimate of drug-likeness (QED) is 0.813. The number of rotatable bonds is 5. The van der Waals surface area contributed by atoms with Crippen molar-refractivity contribution in [3.63, 3.8) is 0 Å². The molecule has 4 aliphatic rings. The van der Waals surface area contributed by atoms with Crippen LogP contribution in [-0.2, 0) is 20.1 Å². The van der Waals surface area contributed by atoms with Crippen LogP contribution in [0.25, 0.3) is 11.2 Å². The maximum Gasteiger partial charge on any atom is 0.332 e. The van der Waals surface area contributed by atoms with E-state index in [0.29, 0.717) is 36.1 Å². The van der Waals surface area contributed by atoms with Gasteiger partial charge in [-0.25, -0.2) is 9.78 Å². The second-order valence-corrected chi connectivity index (χ2v) is 9.11. The number of aromatic nitrogens is 4. The van der Waals surface area contributed by atoms with Gasteiger partial charge in [-0.05, 0) is 62.2 Å². The fourth-order valence-electron chi connectivity index (χ4n) is 6.66. The molecule has 0 spiro atoms. The standard InChI is InChI=1S/C21H30N4O2/c1-4-6-24-19-17(20(26)25(7-5-2)21(24)27)23(3)18(22-19)16-14-9-12-8-13(11-14)15(16)10-12/h12-16H,4-11H2,1-3H3. The molecule has 0 radical (unpaired) electrons. The molecular weight excluding hydrogens is 340 g/mol. The molecule has 2 aromatic heterocycles. The Morgan fingerprint density at radius 2 is 1.67 bits per heavy atom. The topological polar surface area (TPSA) is 61.8 Å². The Bertz CT molecular complexity index is 1010. The summed E-state index contributed by atoms with van der Waals surface area (Å²) in [6.45, 7) is 5.14. The van der Waals surface area contributed by atoms with Gasteiger partial charge in [0.1, 0.15) is 5.82 Å². The highest BCUT2D eigenvalue weighted by molar-refractivity contribution is 5.71. The van der Waals surface area contributed by atoms with E-state index in [2.05, 4.69) is 6.92 Å². The largest absolute Gasteiger partial charge is 0.332 e. The molecule has 2 heterocycles. The van der Waals surface area contributed by atoms with E-state index in [9.17, 15) is 9.59 Å². The summed E-state index contributed by atoms with van der Waals surface area (Å²) >= 11 is 0. The number of hydrogen-bond donors (Lipinski definition) is 0. The molecule has 5 atom stereocenters. The van der Waals surface area contributed by atoms with Gasteiger partial charge in [0.2, 0.25) is 0 Å². The Hall–Kier alpha value is -1.85. The predicted octanol–water partition coefficient (Wildman–Crippen LogP) is 2.87. The van der Waals surface area contributed by atoms with Gasteiger partial charge in [-0.2, -0.15) is 0 Å². The maximum atomic E-state index is 13.2.